The van der Waals surface area contributed by atoms with E-state index in [4.69, 9.17) is 5.11 Å². The molecule has 1 aliphatic rings. The van der Waals surface area contributed by atoms with Crippen LogP contribution >= 0.6 is 0 Å². The Morgan fingerprint density at radius 1 is 1.90 bits per heavy atom. The minimum atomic E-state index is -0.906. The maximum atomic E-state index is 10.2. The molecular formula is C6H10N2O2. The van der Waals surface area contributed by atoms with Gasteiger partial charge in [-0.25, -0.2) is 4.79 Å². The van der Waals surface area contributed by atoms with Crippen LogP contribution in [0.1, 0.15) is 0 Å². The van der Waals surface area contributed by atoms with E-state index in [1.165, 1.54) is 6.08 Å². The quantitative estimate of drug-likeness (QED) is 0.482. The van der Waals surface area contributed by atoms with Crippen LogP contribution in [0.25, 0.3) is 0 Å². The van der Waals surface area contributed by atoms with E-state index in [2.05, 4.69) is 5.32 Å². The predicted molar refractivity (Wildman–Crippen MR) is 36.4 cm³/mol. The number of hydrogen-bond donors (Lipinski definition) is 2. The van der Waals surface area contributed by atoms with Gasteiger partial charge in [-0.05, 0) is 0 Å². The number of aliphatic carboxylic acids is 1. The molecule has 0 aromatic carbocycles. The molecule has 0 aliphatic carbocycles. The third-order valence-electron chi connectivity index (χ3n) is 1.42. The second kappa shape index (κ2) is 2.60. The van der Waals surface area contributed by atoms with Crippen LogP contribution in [0.4, 0.5) is 0 Å². The van der Waals surface area contributed by atoms with Gasteiger partial charge in [-0.2, -0.15) is 0 Å². The topological polar surface area (TPSA) is 52.6 Å². The van der Waals surface area contributed by atoms with Crippen molar-refractivity contribution < 1.29 is 9.90 Å². The van der Waals surface area contributed by atoms with Gasteiger partial charge in [-0.1, -0.05) is 0 Å². The van der Waals surface area contributed by atoms with Crippen molar-refractivity contribution in [1.82, 2.24) is 10.2 Å². The molecule has 0 spiro atoms. The highest BCUT2D eigenvalue weighted by atomic mass is 16.4. The zero-order valence-corrected chi connectivity index (χ0v) is 5.79. The molecule has 0 unspecified atom stereocenters. The fourth-order valence-electron chi connectivity index (χ4n) is 0.885. The van der Waals surface area contributed by atoms with E-state index in [0.29, 0.717) is 5.82 Å². The maximum absolute atomic E-state index is 10.2. The molecule has 1 saturated heterocycles. The molecule has 0 amide bonds. The summed E-state index contributed by atoms with van der Waals surface area (Å²) in [6, 6.07) is 0. The molecule has 1 rings (SSSR count). The molecule has 1 aliphatic heterocycles. The van der Waals surface area contributed by atoms with E-state index in [1.54, 1.807) is 0 Å². The van der Waals surface area contributed by atoms with Gasteiger partial charge in [0.25, 0.3) is 0 Å². The van der Waals surface area contributed by atoms with E-state index in [-0.39, 0.29) is 0 Å². The highest BCUT2D eigenvalue weighted by Gasteiger charge is 2.11. The fraction of sp³-hybridized carbons (Fsp3) is 0.500. The van der Waals surface area contributed by atoms with Crippen molar-refractivity contribution in [1.29, 1.82) is 0 Å². The molecule has 0 aromatic rings. The van der Waals surface area contributed by atoms with Crippen LogP contribution in [-0.4, -0.2) is 36.1 Å². The van der Waals surface area contributed by atoms with Gasteiger partial charge in [0.1, 0.15) is 5.82 Å². The van der Waals surface area contributed by atoms with Gasteiger partial charge in [0, 0.05) is 20.1 Å². The lowest BCUT2D eigenvalue weighted by molar-refractivity contribution is -0.131. The maximum Gasteiger partial charge on any atom is 0.331 e. The molecule has 10 heavy (non-hydrogen) atoms. The Morgan fingerprint density at radius 2 is 2.60 bits per heavy atom. The van der Waals surface area contributed by atoms with E-state index in [9.17, 15) is 4.79 Å². The molecule has 1 heterocycles. The summed E-state index contributed by atoms with van der Waals surface area (Å²) in [6.07, 6.45) is 1.17. The first kappa shape index (κ1) is 6.92. The highest BCUT2D eigenvalue weighted by molar-refractivity contribution is 5.80. The number of carboxylic acids is 1. The number of nitrogens with zero attached hydrogens (tertiary/aromatic N) is 1. The van der Waals surface area contributed by atoms with Gasteiger partial charge in [0.2, 0.25) is 0 Å². The molecule has 0 bridgehead atoms. The molecular weight excluding hydrogens is 132 g/mol. The zero-order chi connectivity index (χ0) is 7.56. The number of hydrogen-bond acceptors (Lipinski definition) is 3. The van der Waals surface area contributed by atoms with Crippen molar-refractivity contribution >= 4 is 5.97 Å². The standard InChI is InChI=1S/C6H10N2O2/c1-8-3-2-7-5(8)4-6(9)10/h4,7H,2-3H2,1H3,(H,9,10)/b5-4-. The van der Waals surface area contributed by atoms with Crippen LogP contribution in [0.15, 0.2) is 11.9 Å². The first-order valence-electron chi connectivity index (χ1n) is 3.10. The van der Waals surface area contributed by atoms with Crippen molar-refractivity contribution in [2.75, 3.05) is 20.1 Å². The lowest BCUT2D eigenvalue weighted by Gasteiger charge is -2.09. The van der Waals surface area contributed by atoms with Crippen LogP contribution in [0.5, 0.6) is 0 Å². The summed E-state index contributed by atoms with van der Waals surface area (Å²) in [5, 5.41) is 11.3. The first-order valence-corrected chi connectivity index (χ1v) is 3.10. The summed E-state index contributed by atoms with van der Waals surface area (Å²) < 4.78 is 0. The molecule has 0 aromatic heterocycles. The second-order valence-electron chi connectivity index (χ2n) is 2.22. The highest BCUT2D eigenvalue weighted by Crippen LogP contribution is 2.01. The second-order valence-corrected chi connectivity index (χ2v) is 2.22. The first-order chi connectivity index (χ1) is 4.70. The average molecular weight is 142 g/mol. The van der Waals surface area contributed by atoms with Gasteiger partial charge in [0.05, 0.1) is 6.08 Å². The van der Waals surface area contributed by atoms with Gasteiger partial charge >= 0.3 is 5.97 Å². The summed E-state index contributed by atoms with van der Waals surface area (Å²) in [5.41, 5.74) is 0. The molecule has 2 N–H and O–H groups in total. The molecule has 1 fully saturated rings. The lowest BCUT2D eigenvalue weighted by atomic mass is 10.5. The van der Waals surface area contributed by atoms with E-state index >= 15 is 0 Å². The summed E-state index contributed by atoms with van der Waals surface area (Å²) in [6.45, 7) is 1.70. The Morgan fingerprint density at radius 3 is 3.00 bits per heavy atom. The smallest absolute Gasteiger partial charge is 0.331 e. The normalized spacial score (nSPS) is 21.3. The summed E-state index contributed by atoms with van der Waals surface area (Å²) in [7, 11) is 1.86. The molecule has 0 atom stereocenters. The largest absolute Gasteiger partial charge is 0.478 e. The van der Waals surface area contributed by atoms with Crippen molar-refractivity contribution in [3.8, 4) is 0 Å². The Hall–Kier alpha value is -1.19. The lowest BCUT2D eigenvalue weighted by Crippen LogP contribution is -2.15. The number of carbonyl (C=O) groups is 1. The third-order valence-corrected chi connectivity index (χ3v) is 1.42. The Balaban J connectivity index is 2.62. The van der Waals surface area contributed by atoms with Gasteiger partial charge in [-0.3, -0.25) is 0 Å². The van der Waals surface area contributed by atoms with Crippen molar-refractivity contribution in [2.24, 2.45) is 0 Å². The van der Waals surface area contributed by atoms with Gasteiger partial charge in [0.15, 0.2) is 0 Å². The monoisotopic (exact) mass is 142 g/mol. The van der Waals surface area contributed by atoms with Crippen LogP contribution in [-0.2, 0) is 4.79 Å². The van der Waals surface area contributed by atoms with Crippen LogP contribution < -0.4 is 5.32 Å². The molecule has 0 saturated carbocycles. The van der Waals surface area contributed by atoms with Crippen molar-refractivity contribution in [3.63, 3.8) is 0 Å². The van der Waals surface area contributed by atoms with Crippen LogP contribution in [0, 0.1) is 0 Å². The minimum absolute atomic E-state index is 0.688. The number of likely N-dealkylation sites (N-methyl/N-ethyl adjacent to an activating group) is 1. The summed E-state index contributed by atoms with van der Waals surface area (Å²) in [5.74, 6) is -0.219. The third kappa shape index (κ3) is 1.40. The molecule has 56 valence electrons. The molecule has 4 nitrogen and oxygen atoms in total. The van der Waals surface area contributed by atoms with E-state index in [0.717, 1.165) is 13.1 Å². The Bertz CT molecular complexity index is 177. The van der Waals surface area contributed by atoms with E-state index in [1.807, 2.05) is 11.9 Å². The summed E-state index contributed by atoms with van der Waals surface area (Å²) in [4.78, 5) is 12.0. The Labute approximate surface area is 59.1 Å². The Kier molecular flexibility index (Phi) is 1.80. The number of nitrogens with one attached hydrogen (secondary N) is 1. The van der Waals surface area contributed by atoms with Crippen LogP contribution in [0.3, 0.4) is 0 Å². The minimum Gasteiger partial charge on any atom is -0.478 e. The fourth-order valence-corrected chi connectivity index (χ4v) is 0.885. The number of carboxylic acid groups (broad SMARTS) is 1. The van der Waals surface area contributed by atoms with Gasteiger partial charge in [-0.15, -0.1) is 0 Å². The van der Waals surface area contributed by atoms with Gasteiger partial charge < -0.3 is 15.3 Å². The SMILES string of the molecule is CN1CCN/C1=C/C(=O)O. The zero-order valence-electron chi connectivity index (χ0n) is 5.79. The predicted octanol–water partition coefficient (Wildman–Crippen LogP) is -0.553. The number of rotatable bonds is 1. The van der Waals surface area contributed by atoms with E-state index < -0.39 is 5.97 Å². The van der Waals surface area contributed by atoms with Crippen molar-refractivity contribution in [2.45, 2.75) is 0 Å². The molecule has 0 radical (unpaired) electrons. The van der Waals surface area contributed by atoms with Crippen LogP contribution in [0.2, 0.25) is 0 Å². The summed E-state index contributed by atoms with van der Waals surface area (Å²) >= 11 is 0. The van der Waals surface area contributed by atoms with Crippen molar-refractivity contribution in [3.05, 3.63) is 11.9 Å². The molecule has 4 heteroatoms. The average Bonchev–Trinajstić information content (AvgIpc) is 2.15.